The molecular weight excluding hydrogens is 997 g/mol. The molecule has 8 rings (SSSR count). The second-order valence-corrected chi connectivity index (χ2v) is 14.9. The number of fused-ring (bicyclic) bond motifs is 4. The van der Waals surface area contributed by atoms with Crippen LogP contribution in [0.25, 0.3) is 17.1 Å². The molecule has 0 radical (unpaired) electrons. The van der Waals surface area contributed by atoms with Crippen molar-refractivity contribution in [2.45, 2.75) is 44.1 Å². The summed E-state index contributed by atoms with van der Waals surface area (Å²) in [6.45, 7) is 4.98. The average Bonchev–Trinajstić information content (AvgIpc) is 2.29. The molecule has 2 saturated carbocycles. The molecule has 78 heavy (non-hydrogen) atoms. The number of pyridine rings is 1. The lowest BCUT2D eigenvalue weighted by Gasteiger charge is -2.30. The smallest absolute Gasteiger partial charge is 0.274 e. The molecule has 5 heterocycles. The van der Waals surface area contributed by atoms with Crippen LogP contribution in [0.15, 0.2) is 79.5 Å². The van der Waals surface area contributed by atoms with Crippen molar-refractivity contribution in [3.63, 3.8) is 0 Å². The zero-order chi connectivity index (χ0) is 54.9. The molecule has 4 aromatic rings. The van der Waals surface area contributed by atoms with E-state index in [2.05, 4.69) is 237 Å². The van der Waals surface area contributed by atoms with E-state index in [-0.39, 0.29) is 27.1 Å². The van der Waals surface area contributed by atoms with E-state index in [0.717, 1.165) is 48.6 Å². The summed E-state index contributed by atoms with van der Waals surface area (Å²) in [5, 5.41) is 51.4. The van der Waals surface area contributed by atoms with Crippen molar-refractivity contribution in [1.29, 1.82) is 0 Å². The Morgan fingerprint density at radius 1 is 0.846 bits per heavy atom. The molecular formula is C54H56N18O6. The van der Waals surface area contributed by atoms with Crippen LogP contribution < -0.4 is 20.8 Å². The number of carbonyl (C=O) groups is 1. The quantitative estimate of drug-likeness (QED) is 0.0532. The molecule has 3 aromatic heterocycles. The monoisotopic (exact) mass is 1050 g/mol. The van der Waals surface area contributed by atoms with Crippen LogP contribution in [0, 0.1) is 160 Å². The number of carbonyl (C=O) groups excluding carboxylic acids is 1. The van der Waals surface area contributed by atoms with Crippen molar-refractivity contribution in [2.75, 3.05) is 43.1 Å². The molecule has 1 amide bonds. The predicted molar refractivity (Wildman–Crippen MR) is 300 cm³/mol. The van der Waals surface area contributed by atoms with Gasteiger partial charge < -0.3 is 40.3 Å². The first-order chi connectivity index (χ1) is 38.4. The standard InChI is InChI=1S/C27H27N9O3.C27H4.H3N9O3.11H2/c37-26(30-19-3-1-2-18-24(19)39-15-27(6-7-27)36-25(18)31-32-33-36)20-12-22(35-14-21(29-16-35)17-4-5-17)23(13-28-20)34-8-10-38-11-9-34;1-3-5-7-9-11-13-15-17-19-21-23-25-27-26-24-22-20-18-16-14-12-10-8-6-4-2;1-2-3-4-5-6-7-8-9(10)12-11;;;;;;;;;;;/h1-3,12-14,16-17H,4-11,15H2,(H,30,37);1H,2H3;11H,(H2,1,3,5,7);11*1H. The van der Waals surface area contributed by atoms with Gasteiger partial charge in [-0.05, 0) is 161 Å². The number of nitrogens with zero attached hydrogens (tertiary/aromatic N) is 16. The van der Waals surface area contributed by atoms with Gasteiger partial charge in [-0.25, -0.2) is 14.6 Å². The number of tetrazole rings is 1. The van der Waals surface area contributed by atoms with Crippen LogP contribution >= 0.6 is 0 Å². The SMILES string of the molecule is C#CC#CC#CC#CC#CC#CC#CC#CC#CC#CC#CC#CC#CC.NN=NN=NN=NN=[N+]([O-])OO.O=C(Nc1cccc2c1OCC1(CC1)n1nnnc1-2)c1cc(-n2cnc(C3CC3)c2)c(N2CCOCC2)cn1.[HH].[HH].[HH].[HH].[HH].[HH].[HH].[HH].[HH].[HH].[HH]. The number of terminal acetylenes is 1. The number of ether oxygens (including phenoxy) is 2. The lowest BCUT2D eigenvalue weighted by Crippen LogP contribution is -2.37. The summed E-state index contributed by atoms with van der Waals surface area (Å²) >= 11 is 0. The third kappa shape index (κ3) is 17.5. The first-order valence-electron chi connectivity index (χ1n) is 22.4. The number of morpholine rings is 1. The lowest BCUT2D eigenvalue weighted by atomic mass is 10.1. The molecule has 1 spiro atoms. The van der Waals surface area contributed by atoms with Crippen molar-refractivity contribution in [3.8, 4) is 177 Å². The number of hydrogen-bond acceptors (Lipinski definition) is 13. The molecule has 0 unspecified atom stereocenters. The zero-order valence-electron chi connectivity index (χ0n) is 40.8. The molecule has 24 nitrogen and oxygen atoms in total. The van der Waals surface area contributed by atoms with Crippen LogP contribution in [0.3, 0.4) is 0 Å². The van der Waals surface area contributed by atoms with Gasteiger partial charge in [0.1, 0.15) is 23.1 Å². The van der Waals surface area contributed by atoms with Crippen LogP contribution in [-0.4, -0.2) is 83.8 Å². The van der Waals surface area contributed by atoms with E-state index < -0.39 is 5.02 Å². The largest absolute Gasteiger partial charge is 0.488 e. The van der Waals surface area contributed by atoms with E-state index >= 15 is 0 Å². The number of anilines is 2. The minimum atomic E-state index is -0.622. The third-order valence-corrected chi connectivity index (χ3v) is 10.0. The Morgan fingerprint density at radius 2 is 1.44 bits per heavy atom. The fourth-order valence-corrected chi connectivity index (χ4v) is 6.37. The number of imidazole rings is 1. The van der Waals surface area contributed by atoms with E-state index in [1.54, 1.807) is 13.1 Å². The molecule has 4 aliphatic rings. The number of nitrogens with one attached hydrogen (secondary N) is 1. The summed E-state index contributed by atoms with van der Waals surface area (Å²) in [6, 6.07) is 7.45. The van der Waals surface area contributed by atoms with Gasteiger partial charge in [-0.3, -0.25) is 10.1 Å². The maximum Gasteiger partial charge on any atom is 0.274 e. The maximum absolute atomic E-state index is 13.6. The number of hydrogen-bond donors (Lipinski definition) is 3. The minimum absolute atomic E-state index is 0. The second kappa shape index (κ2) is 30.6. The number of benzene rings is 1. The number of amides is 1. The highest BCUT2D eigenvalue weighted by atomic mass is 17.2. The maximum atomic E-state index is 13.6. The Hall–Kier alpha value is -12.3. The highest BCUT2D eigenvalue weighted by Gasteiger charge is 2.50. The van der Waals surface area contributed by atoms with Crippen molar-refractivity contribution < 1.29 is 45.2 Å². The molecule has 1 saturated heterocycles. The van der Waals surface area contributed by atoms with Crippen molar-refractivity contribution in [1.82, 2.24) is 34.7 Å². The molecule has 24 heteroatoms. The van der Waals surface area contributed by atoms with Crippen LogP contribution in [0.1, 0.15) is 70.4 Å². The van der Waals surface area contributed by atoms with E-state index in [1.807, 2.05) is 39.8 Å². The molecule has 0 atom stereocenters. The Bertz CT molecular complexity index is 3950. The van der Waals surface area contributed by atoms with Gasteiger partial charge in [0.2, 0.25) is 10.4 Å². The van der Waals surface area contributed by atoms with Crippen molar-refractivity contribution in [3.05, 3.63) is 59.6 Å². The summed E-state index contributed by atoms with van der Waals surface area (Å²) in [5.41, 5.74) is 4.31. The Kier molecular flexibility index (Phi) is 21.6. The Balaban J connectivity index is -0.000000308. The fourth-order valence-electron chi connectivity index (χ4n) is 6.37. The van der Waals surface area contributed by atoms with Gasteiger partial charge in [0, 0.05) is 98.7 Å². The first-order valence-corrected chi connectivity index (χ1v) is 22.4. The molecule has 0 bridgehead atoms. The van der Waals surface area contributed by atoms with Crippen LogP contribution in [0.2, 0.25) is 0 Å². The second-order valence-electron chi connectivity index (χ2n) is 14.9. The highest BCUT2D eigenvalue weighted by Crippen LogP contribution is 2.49. The van der Waals surface area contributed by atoms with Crippen LogP contribution in [0.5, 0.6) is 5.75 Å². The summed E-state index contributed by atoms with van der Waals surface area (Å²) in [5.74, 6) is 67.8. The van der Waals surface area contributed by atoms with Gasteiger partial charge in [-0.1, -0.05) is 17.2 Å². The molecule has 398 valence electrons. The van der Waals surface area contributed by atoms with Gasteiger partial charge in [-0.15, -0.1) is 11.5 Å². The van der Waals surface area contributed by atoms with Gasteiger partial charge >= 0.3 is 0 Å². The third-order valence-electron chi connectivity index (χ3n) is 10.0. The van der Waals surface area contributed by atoms with E-state index in [1.165, 1.54) is 12.8 Å². The molecule has 2 aliphatic carbocycles. The summed E-state index contributed by atoms with van der Waals surface area (Å²) in [6.07, 6.45) is 14.9. The first kappa shape index (κ1) is 55.0. The van der Waals surface area contributed by atoms with Gasteiger partial charge in [0.15, 0.2) is 11.6 Å². The van der Waals surface area contributed by atoms with Crippen LogP contribution in [-0.2, 0) is 15.3 Å². The zero-order valence-corrected chi connectivity index (χ0v) is 40.8. The predicted octanol–water partition coefficient (Wildman–Crippen LogP) is 6.48. The molecule has 2 aliphatic heterocycles. The fraction of sp³-hybridized carbons (Fsp3) is 0.222. The van der Waals surface area contributed by atoms with E-state index in [0.29, 0.717) is 48.7 Å². The molecule has 1 aromatic carbocycles. The Morgan fingerprint density at radius 3 is 2.00 bits per heavy atom. The van der Waals surface area contributed by atoms with Crippen molar-refractivity contribution in [2.24, 2.45) is 42.4 Å². The minimum Gasteiger partial charge on any atom is -0.488 e. The lowest BCUT2D eigenvalue weighted by molar-refractivity contribution is -0.873. The van der Waals surface area contributed by atoms with Crippen molar-refractivity contribution >= 4 is 17.3 Å². The van der Waals surface area contributed by atoms with E-state index in [4.69, 9.17) is 21.2 Å². The number of rotatable bonds is 9. The van der Waals surface area contributed by atoms with Gasteiger partial charge in [0.25, 0.3) is 5.91 Å². The summed E-state index contributed by atoms with van der Waals surface area (Å²) in [7, 11) is 0. The van der Waals surface area contributed by atoms with Gasteiger partial charge in [-0.2, -0.15) is 0 Å². The summed E-state index contributed by atoms with van der Waals surface area (Å²) in [4.78, 5) is 28.0. The molecule has 3 fully saturated rings. The number of aromatic nitrogens is 7. The number of para-hydroxylation sites is 1. The normalized spacial score (nSPS) is 13.0. The van der Waals surface area contributed by atoms with Gasteiger partial charge in [0.05, 0.1) is 59.1 Å². The average molecular weight is 1050 g/mol. The highest BCUT2D eigenvalue weighted by molar-refractivity contribution is 6.05. The topological polar surface area (TPSA) is 293 Å². The number of nitrogens with two attached hydrogens (primary N) is 1. The Labute approximate surface area is 462 Å². The van der Waals surface area contributed by atoms with Crippen LogP contribution in [0.4, 0.5) is 11.4 Å². The summed E-state index contributed by atoms with van der Waals surface area (Å²) < 4.78 is 15.7. The van der Waals surface area contributed by atoms with E-state index in [9.17, 15) is 10.0 Å². The molecule has 4 N–H and O–H groups in total.